The number of aryl methyl sites for hydroxylation is 1. The van der Waals surface area contributed by atoms with E-state index in [0.717, 1.165) is 11.8 Å². The highest BCUT2D eigenvalue weighted by Gasteiger charge is 2.15. The summed E-state index contributed by atoms with van der Waals surface area (Å²) >= 11 is 0. The number of sulfonamides is 1. The maximum atomic E-state index is 12.5. The van der Waals surface area contributed by atoms with Crippen LogP contribution in [0.15, 0.2) is 36.4 Å². The molecule has 1 atom stereocenters. The lowest BCUT2D eigenvalue weighted by molar-refractivity contribution is 0.0939. The van der Waals surface area contributed by atoms with Crippen LogP contribution < -0.4 is 19.5 Å². The Labute approximate surface area is 159 Å². The van der Waals surface area contributed by atoms with Crippen molar-refractivity contribution in [3.63, 3.8) is 0 Å². The summed E-state index contributed by atoms with van der Waals surface area (Å²) in [6.07, 6.45) is 1.08. The molecule has 2 aromatic carbocycles. The van der Waals surface area contributed by atoms with Crippen LogP contribution in [0.4, 0.5) is 5.69 Å². The summed E-state index contributed by atoms with van der Waals surface area (Å²) < 4.78 is 35.7. The lowest BCUT2D eigenvalue weighted by Crippen LogP contribution is -2.26. The number of hydrogen-bond donors (Lipinski definition) is 2. The van der Waals surface area contributed by atoms with Crippen LogP contribution in [0, 0.1) is 6.92 Å². The van der Waals surface area contributed by atoms with E-state index in [1.807, 2.05) is 19.1 Å². The number of hydrogen-bond acceptors (Lipinski definition) is 5. The van der Waals surface area contributed by atoms with Crippen molar-refractivity contribution in [2.45, 2.75) is 19.9 Å². The van der Waals surface area contributed by atoms with Gasteiger partial charge >= 0.3 is 0 Å². The van der Waals surface area contributed by atoms with E-state index in [-0.39, 0.29) is 11.9 Å². The number of methoxy groups -OCH3 is 2. The first-order chi connectivity index (χ1) is 12.6. The van der Waals surface area contributed by atoms with Crippen LogP contribution >= 0.6 is 0 Å². The quantitative estimate of drug-likeness (QED) is 0.756. The van der Waals surface area contributed by atoms with Crippen molar-refractivity contribution in [3.8, 4) is 11.5 Å². The summed E-state index contributed by atoms with van der Waals surface area (Å²) in [7, 11) is -0.255. The zero-order chi connectivity index (χ0) is 20.2. The number of benzene rings is 2. The molecule has 7 nitrogen and oxygen atoms in total. The molecule has 2 aromatic rings. The first kappa shape index (κ1) is 20.6. The molecule has 0 saturated carbocycles. The molecule has 0 spiro atoms. The normalized spacial score (nSPS) is 12.2. The Morgan fingerprint density at radius 2 is 1.70 bits per heavy atom. The number of carbonyl (C=O) groups is 1. The minimum atomic E-state index is -3.37. The molecule has 0 radical (unpaired) electrons. The summed E-state index contributed by atoms with van der Waals surface area (Å²) in [5.74, 6) is 0.943. The first-order valence-corrected chi connectivity index (χ1v) is 10.1. The Morgan fingerprint density at radius 1 is 1.04 bits per heavy atom. The van der Waals surface area contributed by atoms with Gasteiger partial charge in [0.25, 0.3) is 5.91 Å². The number of rotatable bonds is 7. The lowest BCUT2D eigenvalue weighted by Gasteiger charge is -2.17. The van der Waals surface area contributed by atoms with E-state index in [0.29, 0.717) is 28.3 Å². The molecule has 0 fully saturated rings. The smallest absolute Gasteiger partial charge is 0.251 e. The van der Waals surface area contributed by atoms with E-state index >= 15 is 0 Å². The van der Waals surface area contributed by atoms with E-state index in [2.05, 4.69) is 10.0 Å². The predicted molar refractivity (Wildman–Crippen MR) is 105 cm³/mol. The van der Waals surface area contributed by atoms with Crippen LogP contribution in [-0.2, 0) is 10.0 Å². The van der Waals surface area contributed by atoms with Crippen molar-refractivity contribution >= 4 is 21.6 Å². The van der Waals surface area contributed by atoms with Gasteiger partial charge in [-0.3, -0.25) is 9.52 Å². The van der Waals surface area contributed by atoms with Crippen LogP contribution in [0.2, 0.25) is 0 Å². The number of anilines is 1. The summed E-state index contributed by atoms with van der Waals surface area (Å²) in [4.78, 5) is 12.5. The van der Waals surface area contributed by atoms with Crippen molar-refractivity contribution in [1.82, 2.24) is 5.32 Å². The number of carbonyl (C=O) groups excluding carboxylic acids is 1. The van der Waals surface area contributed by atoms with Crippen molar-refractivity contribution in [2.24, 2.45) is 0 Å². The van der Waals surface area contributed by atoms with Gasteiger partial charge in [-0.2, -0.15) is 0 Å². The van der Waals surface area contributed by atoms with Gasteiger partial charge in [0, 0.05) is 5.56 Å². The number of amides is 1. The second-order valence-electron chi connectivity index (χ2n) is 6.21. The Balaban J connectivity index is 2.16. The zero-order valence-corrected chi connectivity index (χ0v) is 16.8. The average molecular weight is 392 g/mol. The van der Waals surface area contributed by atoms with Gasteiger partial charge in [0.2, 0.25) is 10.0 Å². The fraction of sp³-hybridized carbons (Fsp3) is 0.316. The van der Waals surface area contributed by atoms with E-state index in [1.54, 1.807) is 45.4 Å². The second-order valence-corrected chi connectivity index (χ2v) is 7.96. The molecule has 0 aliphatic rings. The molecular weight excluding hydrogens is 368 g/mol. The summed E-state index contributed by atoms with van der Waals surface area (Å²) in [6, 6.07) is 10.00. The largest absolute Gasteiger partial charge is 0.493 e. The van der Waals surface area contributed by atoms with Crippen molar-refractivity contribution in [1.29, 1.82) is 0 Å². The molecule has 2 rings (SSSR count). The summed E-state index contributed by atoms with van der Waals surface area (Å²) in [5.41, 5.74) is 2.42. The molecule has 2 N–H and O–H groups in total. The predicted octanol–water partition coefficient (Wildman–Crippen LogP) is 2.87. The maximum Gasteiger partial charge on any atom is 0.251 e. The van der Waals surface area contributed by atoms with E-state index in [4.69, 9.17) is 9.47 Å². The highest BCUT2D eigenvalue weighted by Crippen LogP contribution is 2.30. The Kier molecular flexibility index (Phi) is 6.32. The third kappa shape index (κ3) is 5.37. The van der Waals surface area contributed by atoms with Crippen LogP contribution in [0.5, 0.6) is 11.5 Å². The first-order valence-electron chi connectivity index (χ1n) is 8.26. The summed E-state index contributed by atoms with van der Waals surface area (Å²) in [5, 5.41) is 2.92. The van der Waals surface area contributed by atoms with Crippen LogP contribution in [-0.4, -0.2) is 34.8 Å². The van der Waals surface area contributed by atoms with Crippen molar-refractivity contribution < 1.29 is 22.7 Å². The summed E-state index contributed by atoms with van der Waals surface area (Å²) in [6.45, 7) is 3.60. The fourth-order valence-corrected chi connectivity index (χ4v) is 3.23. The second kappa shape index (κ2) is 8.30. The molecule has 0 heterocycles. The van der Waals surface area contributed by atoms with E-state index < -0.39 is 10.0 Å². The van der Waals surface area contributed by atoms with Gasteiger partial charge in [0.1, 0.15) is 0 Å². The minimum Gasteiger partial charge on any atom is -0.493 e. The Morgan fingerprint density at radius 3 is 2.26 bits per heavy atom. The van der Waals surface area contributed by atoms with Crippen molar-refractivity contribution in [3.05, 3.63) is 53.1 Å². The van der Waals surface area contributed by atoms with Crippen LogP contribution in [0.3, 0.4) is 0 Å². The SMILES string of the molecule is COc1ccc([C@H](C)NC(=O)c2ccc(NS(C)(=O)=O)c(C)c2)cc1OC. The van der Waals surface area contributed by atoms with Crippen LogP contribution in [0.25, 0.3) is 0 Å². The molecule has 0 aliphatic carbocycles. The maximum absolute atomic E-state index is 12.5. The van der Waals surface area contributed by atoms with Crippen LogP contribution in [0.1, 0.15) is 34.5 Å². The highest BCUT2D eigenvalue weighted by atomic mass is 32.2. The van der Waals surface area contributed by atoms with Gasteiger partial charge in [0.15, 0.2) is 11.5 Å². The molecule has 146 valence electrons. The molecule has 0 aliphatic heterocycles. The average Bonchev–Trinajstić information content (AvgIpc) is 2.61. The standard InChI is InChI=1S/C19H24N2O5S/c1-12-10-15(6-8-16(12)21-27(5,23)24)19(22)20-13(2)14-7-9-17(25-3)18(11-14)26-4/h6-11,13,21H,1-5H3,(H,20,22)/t13-/m0/s1. The molecule has 0 unspecified atom stereocenters. The number of nitrogens with one attached hydrogen (secondary N) is 2. The van der Waals surface area contributed by atoms with Gasteiger partial charge in [-0.15, -0.1) is 0 Å². The molecule has 8 heteroatoms. The zero-order valence-electron chi connectivity index (χ0n) is 16.0. The molecule has 0 saturated heterocycles. The van der Waals surface area contributed by atoms with Gasteiger partial charge in [-0.1, -0.05) is 6.07 Å². The third-order valence-corrected chi connectivity index (χ3v) is 4.63. The minimum absolute atomic E-state index is 0.258. The van der Waals surface area contributed by atoms with Gasteiger partial charge in [0.05, 0.1) is 32.2 Å². The lowest BCUT2D eigenvalue weighted by atomic mass is 10.1. The van der Waals surface area contributed by atoms with E-state index in [9.17, 15) is 13.2 Å². The van der Waals surface area contributed by atoms with Crippen molar-refractivity contribution in [2.75, 3.05) is 25.2 Å². The topological polar surface area (TPSA) is 93.7 Å². The fourth-order valence-electron chi connectivity index (χ4n) is 2.60. The molecule has 0 aromatic heterocycles. The van der Waals surface area contributed by atoms with Gasteiger partial charge in [-0.05, 0) is 55.3 Å². The Hall–Kier alpha value is -2.74. The van der Waals surface area contributed by atoms with E-state index in [1.165, 1.54) is 0 Å². The molecule has 0 bridgehead atoms. The third-order valence-electron chi connectivity index (χ3n) is 4.04. The van der Waals surface area contributed by atoms with Gasteiger partial charge in [-0.25, -0.2) is 8.42 Å². The Bertz CT molecular complexity index is 941. The molecule has 27 heavy (non-hydrogen) atoms. The highest BCUT2D eigenvalue weighted by molar-refractivity contribution is 7.92. The number of ether oxygens (including phenoxy) is 2. The van der Waals surface area contributed by atoms with Gasteiger partial charge < -0.3 is 14.8 Å². The molecule has 1 amide bonds. The molecular formula is C19H24N2O5S. The monoisotopic (exact) mass is 392 g/mol.